The number of thiophene rings is 1. The summed E-state index contributed by atoms with van der Waals surface area (Å²) in [7, 11) is 0. The summed E-state index contributed by atoms with van der Waals surface area (Å²) < 4.78 is 0. The van der Waals surface area contributed by atoms with Gasteiger partial charge in [-0.2, -0.15) is 11.3 Å². The van der Waals surface area contributed by atoms with Gasteiger partial charge in [0, 0.05) is 12.7 Å². The minimum Gasteiger partial charge on any atom is -0.384 e. The second kappa shape index (κ2) is 5.78. The molecule has 0 aliphatic rings. The normalized spacial score (nSPS) is 13.8. The largest absolute Gasteiger partial charge is 0.384 e. The van der Waals surface area contributed by atoms with Crippen LogP contribution in [-0.4, -0.2) is 22.5 Å². The molecule has 5 nitrogen and oxygen atoms in total. The molecule has 0 spiro atoms. The van der Waals surface area contributed by atoms with Crippen LogP contribution in [0.2, 0.25) is 5.02 Å². The van der Waals surface area contributed by atoms with Crippen molar-refractivity contribution in [1.82, 2.24) is 4.98 Å². The molecule has 1 atom stereocenters. The Labute approximate surface area is 125 Å². The summed E-state index contributed by atoms with van der Waals surface area (Å²) in [5.74, 6) is -0.191. The molecule has 0 aromatic carbocycles. The maximum atomic E-state index is 11.0. The standard InChI is InChI=1S/C13H14ClN3O2S/c1-13(19,9-2-3-20-6-9)7-17-12-10(14)4-8(5-16-12)11(15)18/h2-6,19H,7H2,1H3,(H2,15,18)(H,16,17). The number of hydrogen-bond acceptors (Lipinski definition) is 5. The van der Waals surface area contributed by atoms with Gasteiger partial charge in [0.25, 0.3) is 0 Å². The van der Waals surface area contributed by atoms with Crippen molar-refractivity contribution in [3.05, 3.63) is 45.2 Å². The molecule has 2 aromatic heterocycles. The molecule has 1 amide bonds. The Morgan fingerprint density at radius 3 is 2.95 bits per heavy atom. The number of aliphatic hydroxyl groups is 1. The maximum absolute atomic E-state index is 11.0. The molecule has 0 saturated heterocycles. The smallest absolute Gasteiger partial charge is 0.250 e. The van der Waals surface area contributed by atoms with Crippen molar-refractivity contribution in [3.8, 4) is 0 Å². The monoisotopic (exact) mass is 311 g/mol. The fourth-order valence-electron chi connectivity index (χ4n) is 1.63. The molecule has 0 aliphatic carbocycles. The van der Waals surface area contributed by atoms with Crippen LogP contribution < -0.4 is 11.1 Å². The Morgan fingerprint density at radius 2 is 2.40 bits per heavy atom. The molecule has 0 saturated carbocycles. The van der Waals surface area contributed by atoms with Gasteiger partial charge >= 0.3 is 0 Å². The van der Waals surface area contributed by atoms with E-state index in [2.05, 4.69) is 10.3 Å². The zero-order chi connectivity index (χ0) is 14.8. The fraction of sp³-hybridized carbons (Fsp3) is 0.231. The van der Waals surface area contributed by atoms with Gasteiger partial charge in [0.05, 0.1) is 10.6 Å². The third kappa shape index (κ3) is 3.27. The number of primary amides is 1. The molecule has 106 valence electrons. The first-order chi connectivity index (χ1) is 9.40. The van der Waals surface area contributed by atoms with Crippen molar-refractivity contribution in [1.29, 1.82) is 0 Å². The minimum atomic E-state index is -1.03. The van der Waals surface area contributed by atoms with Crippen LogP contribution in [0.3, 0.4) is 0 Å². The van der Waals surface area contributed by atoms with E-state index in [0.717, 1.165) is 5.56 Å². The lowest BCUT2D eigenvalue weighted by atomic mass is 9.99. The number of halogens is 1. The highest BCUT2D eigenvalue weighted by molar-refractivity contribution is 7.08. The lowest BCUT2D eigenvalue weighted by Crippen LogP contribution is -2.30. The Bertz CT molecular complexity index is 614. The zero-order valence-electron chi connectivity index (χ0n) is 10.8. The first-order valence-electron chi connectivity index (χ1n) is 5.84. The second-order valence-electron chi connectivity index (χ2n) is 4.56. The van der Waals surface area contributed by atoms with E-state index in [1.165, 1.54) is 23.6 Å². The number of anilines is 1. The average Bonchev–Trinajstić information content (AvgIpc) is 2.91. The highest BCUT2D eigenvalue weighted by atomic mass is 35.5. The van der Waals surface area contributed by atoms with Gasteiger partial charge in [-0.05, 0) is 35.4 Å². The lowest BCUT2D eigenvalue weighted by molar-refractivity contribution is 0.0719. The fourth-order valence-corrected chi connectivity index (χ4v) is 2.65. The average molecular weight is 312 g/mol. The summed E-state index contributed by atoms with van der Waals surface area (Å²) in [6, 6.07) is 3.30. The van der Waals surface area contributed by atoms with Gasteiger partial charge in [0.1, 0.15) is 11.4 Å². The van der Waals surface area contributed by atoms with Gasteiger partial charge < -0.3 is 16.2 Å². The van der Waals surface area contributed by atoms with Crippen molar-refractivity contribution in [2.75, 3.05) is 11.9 Å². The minimum absolute atomic E-state index is 0.241. The number of nitrogens with zero attached hydrogens (tertiary/aromatic N) is 1. The van der Waals surface area contributed by atoms with Gasteiger partial charge in [-0.3, -0.25) is 4.79 Å². The summed E-state index contributed by atoms with van der Waals surface area (Å²) in [5, 5.41) is 17.4. The highest BCUT2D eigenvalue weighted by Gasteiger charge is 2.23. The summed E-state index contributed by atoms with van der Waals surface area (Å²) in [5.41, 5.74) is 5.17. The second-order valence-corrected chi connectivity index (χ2v) is 5.75. The predicted molar refractivity (Wildman–Crippen MR) is 80.1 cm³/mol. The number of hydrogen-bond donors (Lipinski definition) is 3. The van der Waals surface area contributed by atoms with E-state index >= 15 is 0 Å². The van der Waals surface area contributed by atoms with Gasteiger partial charge in [-0.25, -0.2) is 4.98 Å². The van der Waals surface area contributed by atoms with Crippen molar-refractivity contribution < 1.29 is 9.90 Å². The molecule has 4 N–H and O–H groups in total. The quantitative estimate of drug-likeness (QED) is 0.790. The Morgan fingerprint density at radius 1 is 1.65 bits per heavy atom. The Kier molecular flexibility index (Phi) is 4.27. The Balaban J connectivity index is 2.10. The molecule has 2 heterocycles. The molecule has 2 aromatic rings. The van der Waals surface area contributed by atoms with Crippen LogP contribution in [0.15, 0.2) is 29.1 Å². The van der Waals surface area contributed by atoms with Crippen LogP contribution in [-0.2, 0) is 5.60 Å². The third-order valence-corrected chi connectivity index (χ3v) is 3.84. The molecule has 2 rings (SSSR count). The van der Waals surface area contributed by atoms with E-state index in [1.807, 2.05) is 16.8 Å². The molecule has 0 bridgehead atoms. The van der Waals surface area contributed by atoms with Crippen LogP contribution in [0.4, 0.5) is 5.82 Å². The van der Waals surface area contributed by atoms with Crippen molar-refractivity contribution in [2.45, 2.75) is 12.5 Å². The summed E-state index contributed by atoms with van der Waals surface area (Å²) in [4.78, 5) is 15.0. The molecule has 7 heteroatoms. The molecule has 1 unspecified atom stereocenters. The van der Waals surface area contributed by atoms with Gasteiger partial charge in [0.15, 0.2) is 0 Å². The third-order valence-electron chi connectivity index (χ3n) is 2.87. The van der Waals surface area contributed by atoms with Gasteiger partial charge in [-0.1, -0.05) is 11.6 Å². The highest BCUT2D eigenvalue weighted by Crippen LogP contribution is 2.25. The van der Waals surface area contributed by atoms with E-state index < -0.39 is 11.5 Å². The van der Waals surface area contributed by atoms with Crippen LogP contribution >= 0.6 is 22.9 Å². The van der Waals surface area contributed by atoms with E-state index in [9.17, 15) is 9.90 Å². The number of aromatic nitrogens is 1. The molecule has 0 fully saturated rings. The van der Waals surface area contributed by atoms with Crippen LogP contribution in [0, 0.1) is 0 Å². The number of pyridine rings is 1. The summed E-state index contributed by atoms with van der Waals surface area (Å²) in [6.45, 7) is 1.94. The maximum Gasteiger partial charge on any atom is 0.250 e. The lowest BCUT2D eigenvalue weighted by Gasteiger charge is -2.23. The molecule has 0 radical (unpaired) electrons. The van der Waals surface area contributed by atoms with Crippen LogP contribution in [0.5, 0.6) is 0 Å². The molecule has 0 aliphatic heterocycles. The number of carbonyl (C=O) groups excluding carboxylic acids is 1. The first-order valence-corrected chi connectivity index (χ1v) is 7.16. The van der Waals surface area contributed by atoms with Crippen molar-refractivity contribution >= 4 is 34.7 Å². The molecular formula is C13H14ClN3O2S. The number of amides is 1. The van der Waals surface area contributed by atoms with Crippen molar-refractivity contribution in [2.24, 2.45) is 5.73 Å². The van der Waals surface area contributed by atoms with E-state index in [0.29, 0.717) is 5.82 Å². The zero-order valence-corrected chi connectivity index (χ0v) is 12.3. The Hall–Kier alpha value is -1.63. The predicted octanol–water partition coefficient (Wildman–Crippen LogP) is 2.21. The van der Waals surface area contributed by atoms with Gasteiger partial charge in [-0.15, -0.1) is 0 Å². The topological polar surface area (TPSA) is 88.2 Å². The number of nitrogens with two attached hydrogens (primary N) is 1. The van der Waals surface area contributed by atoms with Crippen LogP contribution in [0.25, 0.3) is 0 Å². The summed E-state index contributed by atoms with van der Waals surface area (Å²) in [6.07, 6.45) is 1.34. The first kappa shape index (κ1) is 14.8. The van der Waals surface area contributed by atoms with Gasteiger partial charge in [0.2, 0.25) is 5.91 Å². The number of rotatable bonds is 5. The number of nitrogens with one attached hydrogen (secondary N) is 1. The number of carbonyl (C=O) groups is 1. The van der Waals surface area contributed by atoms with Crippen molar-refractivity contribution in [3.63, 3.8) is 0 Å². The van der Waals surface area contributed by atoms with E-state index in [4.69, 9.17) is 17.3 Å². The van der Waals surface area contributed by atoms with Crippen LogP contribution in [0.1, 0.15) is 22.8 Å². The van der Waals surface area contributed by atoms with E-state index in [1.54, 1.807) is 6.92 Å². The SMILES string of the molecule is CC(O)(CNc1ncc(C(N)=O)cc1Cl)c1ccsc1. The molecular weight excluding hydrogens is 298 g/mol. The molecule has 20 heavy (non-hydrogen) atoms. The summed E-state index contributed by atoms with van der Waals surface area (Å²) >= 11 is 7.53. The van der Waals surface area contributed by atoms with E-state index in [-0.39, 0.29) is 17.1 Å².